The third-order valence-electron chi connectivity index (χ3n) is 6.00. The summed E-state index contributed by atoms with van der Waals surface area (Å²) < 4.78 is 0. The zero-order chi connectivity index (χ0) is 18.0. The molecule has 0 amide bonds. The van der Waals surface area contributed by atoms with Crippen molar-refractivity contribution in [2.24, 2.45) is 16.7 Å². The van der Waals surface area contributed by atoms with Crippen molar-refractivity contribution in [2.75, 3.05) is 0 Å². The van der Waals surface area contributed by atoms with Crippen LogP contribution >= 0.6 is 0 Å². The maximum Gasteiger partial charge on any atom is 0.309 e. The van der Waals surface area contributed by atoms with E-state index in [2.05, 4.69) is 45.9 Å². The van der Waals surface area contributed by atoms with Crippen LogP contribution in [0.5, 0.6) is 0 Å². The van der Waals surface area contributed by atoms with Crippen molar-refractivity contribution in [1.82, 2.24) is 0 Å². The number of aryl methyl sites for hydroxylation is 3. The molecule has 0 fully saturated rings. The Morgan fingerprint density at radius 3 is 2.42 bits per heavy atom. The lowest BCUT2D eigenvalue weighted by molar-refractivity contribution is -0.152. The van der Waals surface area contributed by atoms with E-state index in [1.54, 1.807) is 0 Å². The minimum atomic E-state index is -0.645. The molecule has 1 aromatic carbocycles. The third kappa shape index (κ3) is 4.62. The van der Waals surface area contributed by atoms with E-state index in [1.165, 1.54) is 36.0 Å². The smallest absolute Gasteiger partial charge is 0.309 e. The molecule has 1 aliphatic rings. The fourth-order valence-electron chi connectivity index (χ4n) is 3.68. The van der Waals surface area contributed by atoms with Gasteiger partial charge in [0.15, 0.2) is 0 Å². The molecule has 24 heavy (non-hydrogen) atoms. The van der Waals surface area contributed by atoms with E-state index >= 15 is 0 Å². The lowest BCUT2D eigenvalue weighted by atomic mass is 9.70. The number of carboxylic acid groups (broad SMARTS) is 1. The third-order valence-corrected chi connectivity index (χ3v) is 6.00. The average Bonchev–Trinajstić information content (AvgIpc) is 2.96. The summed E-state index contributed by atoms with van der Waals surface area (Å²) in [5.41, 5.74) is 3.92. The maximum absolute atomic E-state index is 11.9. The van der Waals surface area contributed by atoms with E-state index in [1.807, 2.05) is 6.92 Å². The Bertz CT molecular complexity index is 582. The summed E-state index contributed by atoms with van der Waals surface area (Å²) in [6.07, 6.45) is 7.31. The molecule has 0 saturated heterocycles. The van der Waals surface area contributed by atoms with Crippen molar-refractivity contribution >= 4 is 5.97 Å². The zero-order valence-corrected chi connectivity index (χ0v) is 16.1. The van der Waals surface area contributed by atoms with E-state index in [0.717, 1.165) is 25.7 Å². The Kier molecular flexibility index (Phi) is 5.78. The minimum Gasteiger partial charge on any atom is -0.481 e. The van der Waals surface area contributed by atoms with E-state index in [4.69, 9.17) is 0 Å². The highest BCUT2D eigenvalue weighted by atomic mass is 16.4. The summed E-state index contributed by atoms with van der Waals surface area (Å²) >= 11 is 0. The number of carbonyl (C=O) groups is 1. The molecule has 0 heterocycles. The highest BCUT2D eigenvalue weighted by Gasteiger charge is 2.39. The van der Waals surface area contributed by atoms with Crippen LogP contribution in [0.1, 0.15) is 77.0 Å². The number of carboxylic acids is 1. The Labute approximate surface area is 147 Å². The van der Waals surface area contributed by atoms with Gasteiger partial charge < -0.3 is 5.11 Å². The largest absolute Gasteiger partial charge is 0.481 e. The summed E-state index contributed by atoms with van der Waals surface area (Å²) in [4.78, 5) is 11.9. The van der Waals surface area contributed by atoms with Gasteiger partial charge in [-0.2, -0.15) is 0 Å². The number of rotatable bonds is 7. The van der Waals surface area contributed by atoms with Gasteiger partial charge in [-0.15, -0.1) is 0 Å². The number of hydrogen-bond donors (Lipinski definition) is 1. The summed E-state index contributed by atoms with van der Waals surface area (Å²) in [6, 6.07) is 6.87. The molecule has 1 N–H and O–H groups in total. The van der Waals surface area contributed by atoms with Gasteiger partial charge >= 0.3 is 5.97 Å². The Morgan fingerprint density at radius 1 is 1.12 bits per heavy atom. The van der Waals surface area contributed by atoms with Gasteiger partial charge in [0.05, 0.1) is 5.41 Å². The first-order valence-corrected chi connectivity index (χ1v) is 9.46. The van der Waals surface area contributed by atoms with Crippen LogP contribution in [-0.2, 0) is 24.1 Å². The minimum absolute atomic E-state index is 0.172. The lowest BCUT2D eigenvalue weighted by Crippen LogP contribution is -2.35. The summed E-state index contributed by atoms with van der Waals surface area (Å²) in [7, 11) is 0. The van der Waals surface area contributed by atoms with E-state index < -0.39 is 11.4 Å². The predicted octanol–water partition coefficient (Wildman–Crippen LogP) is 5.66. The molecule has 1 aliphatic carbocycles. The molecule has 0 bridgehead atoms. The van der Waals surface area contributed by atoms with Crippen LogP contribution in [0.4, 0.5) is 0 Å². The zero-order valence-electron chi connectivity index (χ0n) is 16.1. The van der Waals surface area contributed by atoms with Gasteiger partial charge in [-0.1, -0.05) is 45.9 Å². The van der Waals surface area contributed by atoms with Gasteiger partial charge in [-0.25, -0.2) is 0 Å². The molecule has 2 nitrogen and oxygen atoms in total. The molecular weight excluding hydrogens is 296 g/mol. The molecule has 2 heteroatoms. The second kappa shape index (κ2) is 7.29. The van der Waals surface area contributed by atoms with Crippen LogP contribution in [0.3, 0.4) is 0 Å². The standard InChI is InChI=1S/C22H34O2/c1-16(22(5,20(23)24)14-13-21(2,3)4)9-10-17-11-12-18-7-6-8-19(18)15-17/h11-12,15-16H,6-10,13-14H2,1-5H3,(H,23,24)/t16?,22-/m0/s1. The number of fused-ring (bicyclic) bond motifs is 1. The molecule has 1 unspecified atom stereocenters. The second-order valence-corrected chi connectivity index (χ2v) is 9.18. The van der Waals surface area contributed by atoms with Crippen LogP contribution in [0, 0.1) is 16.7 Å². The fourth-order valence-corrected chi connectivity index (χ4v) is 3.68. The number of hydrogen-bond acceptors (Lipinski definition) is 1. The average molecular weight is 331 g/mol. The van der Waals surface area contributed by atoms with Gasteiger partial charge in [0.1, 0.15) is 0 Å². The van der Waals surface area contributed by atoms with Crippen LogP contribution in [0.15, 0.2) is 18.2 Å². The van der Waals surface area contributed by atoms with Crippen LogP contribution in [0.2, 0.25) is 0 Å². The lowest BCUT2D eigenvalue weighted by Gasteiger charge is -2.34. The first kappa shape index (κ1) is 19.0. The Morgan fingerprint density at radius 2 is 1.79 bits per heavy atom. The van der Waals surface area contributed by atoms with Crippen LogP contribution in [0.25, 0.3) is 0 Å². The van der Waals surface area contributed by atoms with E-state index in [-0.39, 0.29) is 11.3 Å². The summed E-state index contributed by atoms with van der Waals surface area (Å²) in [6.45, 7) is 10.6. The number of benzene rings is 1. The molecule has 0 aromatic heterocycles. The molecule has 134 valence electrons. The molecule has 2 rings (SSSR count). The van der Waals surface area contributed by atoms with E-state index in [9.17, 15) is 9.90 Å². The molecular formula is C22H34O2. The molecule has 0 spiro atoms. The molecule has 0 radical (unpaired) electrons. The molecule has 0 saturated carbocycles. The first-order chi connectivity index (χ1) is 11.1. The monoisotopic (exact) mass is 330 g/mol. The summed E-state index contributed by atoms with van der Waals surface area (Å²) in [5.74, 6) is -0.473. The highest BCUT2D eigenvalue weighted by molar-refractivity contribution is 5.74. The fraction of sp³-hybridized carbons (Fsp3) is 0.682. The number of aliphatic carboxylic acids is 1. The van der Waals surface area contributed by atoms with Gasteiger partial charge in [-0.05, 0) is 79.9 Å². The topological polar surface area (TPSA) is 37.3 Å². The predicted molar refractivity (Wildman–Crippen MR) is 100 cm³/mol. The quantitative estimate of drug-likeness (QED) is 0.700. The van der Waals surface area contributed by atoms with E-state index in [0.29, 0.717) is 0 Å². The molecule has 0 aliphatic heterocycles. The molecule has 1 aromatic rings. The van der Waals surface area contributed by atoms with Crippen LogP contribution in [-0.4, -0.2) is 11.1 Å². The van der Waals surface area contributed by atoms with Crippen molar-refractivity contribution < 1.29 is 9.90 Å². The second-order valence-electron chi connectivity index (χ2n) is 9.18. The summed E-state index contributed by atoms with van der Waals surface area (Å²) in [5, 5.41) is 9.82. The Balaban J connectivity index is 2.00. The van der Waals surface area contributed by atoms with Crippen molar-refractivity contribution in [3.05, 3.63) is 34.9 Å². The first-order valence-electron chi connectivity index (χ1n) is 9.46. The highest BCUT2D eigenvalue weighted by Crippen LogP contribution is 2.39. The van der Waals surface area contributed by atoms with Crippen molar-refractivity contribution in [3.8, 4) is 0 Å². The van der Waals surface area contributed by atoms with Gasteiger partial charge in [0.2, 0.25) is 0 Å². The van der Waals surface area contributed by atoms with Gasteiger partial charge in [0.25, 0.3) is 0 Å². The van der Waals surface area contributed by atoms with Crippen molar-refractivity contribution in [1.29, 1.82) is 0 Å². The van der Waals surface area contributed by atoms with Gasteiger partial charge in [-0.3, -0.25) is 4.79 Å². The Hall–Kier alpha value is -1.31. The SMILES string of the molecule is CC(CCc1ccc2c(c1)CCC2)[C@](C)(CCC(C)(C)C)C(=O)O. The van der Waals surface area contributed by atoms with Crippen LogP contribution < -0.4 is 0 Å². The molecule has 2 atom stereocenters. The normalized spacial score (nSPS) is 18.0. The van der Waals surface area contributed by atoms with Crippen molar-refractivity contribution in [2.45, 2.75) is 79.6 Å². The van der Waals surface area contributed by atoms with Crippen molar-refractivity contribution in [3.63, 3.8) is 0 Å². The van der Waals surface area contributed by atoms with Gasteiger partial charge in [0, 0.05) is 0 Å². The maximum atomic E-state index is 11.9.